The van der Waals surface area contributed by atoms with E-state index < -0.39 is 5.60 Å². The van der Waals surface area contributed by atoms with Gasteiger partial charge in [0.2, 0.25) is 5.91 Å². The highest BCUT2D eigenvalue weighted by atomic mass is 16.5. The fraction of sp³-hybridized carbons (Fsp3) is 0.850. The van der Waals surface area contributed by atoms with E-state index in [-0.39, 0.29) is 11.8 Å². The number of fused-ring (bicyclic) bond motifs is 3. The van der Waals surface area contributed by atoms with Crippen LogP contribution in [-0.4, -0.2) is 70.3 Å². The van der Waals surface area contributed by atoms with Gasteiger partial charge in [0.05, 0.1) is 25.3 Å². The molecule has 0 radical (unpaired) electrons. The quantitative estimate of drug-likeness (QED) is 0.671. The molecule has 28 heavy (non-hydrogen) atoms. The minimum atomic E-state index is -0.798. The Hall–Kier alpha value is -1.51. The summed E-state index contributed by atoms with van der Waals surface area (Å²) in [6, 6.07) is 0.386. The number of methoxy groups -OCH3 is 1. The number of hydrogen-bond acceptors (Lipinski definition) is 6. The Morgan fingerprint density at radius 2 is 2.21 bits per heavy atom. The Bertz CT molecular complexity index is 673. The molecule has 1 aromatic rings. The second-order valence-electron chi connectivity index (χ2n) is 8.74. The first-order valence-electron chi connectivity index (χ1n) is 10.7. The van der Waals surface area contributed by atoms with E-state index in [0.717, 1.165) is 63.9 Å². The SMILES string of the molecule is COCCNC(=O)[C@H]1CN2CC[C@H]1C[C@@H]2Cn1cc(C2(O)CCCCC2)nn1. The molecule has 4 heterocycles. The molecule has 4 fully saturated rings. The molecular weight excluding hydrogens is 358 g/mol. The summed E-state index contributed by atoms with van der Waals surface area (Å²) in [7, 11) is 1.65. The predicted octanol–water partition coefficient (Wildman–Crippen LogP) is 0.903. The highest BCUT2D eigenvalue weighted by molar-refractivity contribution is 5.79. The molecule has 1 aliphatic carbocycles. The van der Waals surface area contributed by atoms with E-state index in [2.05, 4.69) is 20.5 Å². The van der Waals surface area contributed by atoms with Crippen molar-refractivity contribution in [2.75, 3.05) is 33.4 Å². The Labute approximate surface area is 166 Å². The van der Waals surface area contributed by atoms with E-state index in [0.29, 0.717) is 25.1 Å². The number of amides is 1. The third kappa shape index (κ3) is 4.09. The number of nitrogens with one attached hydrogen (secondary N) is 1. The van der Waals surface area contributed by atoms with Crippen molar-refractivity contribution in [2.45, 2.75) is 63.1 Å². The van der Waals surface area contributed by atoms with Gasteiger partial charge >= 0.3 is 0 Å². The van der Waals surface area contributed by atoms with Gasteiger partial charge in [-0.05, 0) is 38.1 Å². The van der Waals surface area contributed by atoms with Crippen LogP contribution in [-0.2, 0) is 21.7 Å². The number of aliphatic hydroxyl groups is 1. The number of carbonyl (C=O) groups is 1. The fourth-order valence-electron chi connectivity index (χ4n) is 5.24. The lowest BCUT2D eigenvalue weighted by atomic mass is 9.75. The van der Waals surface area contributed by atoms with Crippen LogP contribution in [0, 0.1) is 11.8 Å². The van der Waals surface area contributed by atoms with Crippen LogP contribution in [0.25, 0.3) is 0 Å². The Balaban J connectivity index is 1.34. The molecule has 2 N–H and O–H groups in total. The van der Waals surface area contributed by atoms with Gasteiger partial charge in [-0.3, -0.25) is 14.4 Å². The van der Waals surface area contributed by atoms with Crippen molar-refractivity contribution < 1.29 is 14.6 Å². The molecule has 8 heteroatoms. The van der Waals surface area contributed by atoms with Gasteiger partial charge in [0.1, 0.15) is 11.3 Å². The maximum absolute atomic E-state index is 12.5. The lowest BCUT2D eigenvalue weighted by molar-refractivity contribution is -0.133. The summed E-state index contributed by atoms with van der Waals surface area (Å²) in [6.45, 7) is 3.77. The molecule has 4 aliphatic rings. The number of hydrogen-bond donors (Lipinski definition) is 2. The Morgan fingerprint density at radius 1 is 1.39 bits per heavy atom. The number of nitrogens with zero attached hydrogens (tertiary/aromatic N) is 4. The predicted molar refractivity (Wildman–Crippen MR) is 103 cm³/mol. The standard InChI is InChI=1S/C20H33N5O3/c1-28-10-8-21-19(26)17-13-24-9-5-15(17)11-16(24)12-25-14-18(22-23-25)20(27)6-3-2-4-7-20/h14-17,27H,2-13H2,1H3,(H,21,26)/t15-,16+,17-/m0/s1. The smallest absolute Gasteiger partial charge is 0.224 e. The first-order valence-corrected chi connectivity index (χ1v) is 10.7. The number of aromatic nitrogens is 3. The van der Waals surface area contributed by atoms with Crippen LogP contribution >= 0.6 is 0 Å². The minimum absolute atomic E-state index is 0.0797. The van der Waals surface area contributed by atoms with E-state index in [9.17, 15) is 9.90 Å². The number of carbonyl (C=O) groups excluding carboxylic acids is 1. The molecule has 1 saturated carbocycles. The van der Waals surface area contributed by atoms with E-state index in [1.54, 1.807) is 7.11 Å². The molecule has 8 nitrogen and oxygen atoms in total. The summed E-state index contributed by atoms with van der Waals surface area (Å²) in [5.74, 6) is 0.673. The van der Waals surface area contributed by atoms with Crippen molar-refractivity contribution in [3.8, 4) is 0 Å². The highest BCUT2D eigenvalue weighted by Crippen LogP contribution is 2.38. The average Bonchev–Trinajstić information content (AvgIpc) is 3.19. The maximum Gasteiger partial charge on any atom is 0.224 e. The summed E-state index contributed by atoms with van der Waals surface area (Å²) in [4.78, 5) is 14.9. The van der Waals surface area contributed by atoms with Crippen molar-refractivity contribution in [1.29, 1.82) is 0 Å². The van der Waals surface area contributed by atoms with Gasteiger partial charge in [-0.2, -0.15) is 0 Å². The second kappa shape index (κ2) is 8.47. The number of rotatable bonds is 7. The monoisotopic (exact) mass is 391 g/mol. The van der Waals surface area contributed by atoms with Gasteiger partial charge in [-0.25, -0.2) is 0 Å². The summed E-state index contributed by atoms with van der Waals surface area (Å²) in [5, 5.41) is 22.5. The van der Waals surface area contributed by atoms with Crippen LogP contribution in [0.15, 0.2) is 6.20 Å². The molecule has 2 bridgehead atoms. The Morgan fingerprint density at radius 3 is 2.93 bits per heavy atom. The van der Waals surface area contributed by atoms with E-state index in [1.165, 1.54) is 6.42 Å². The first kappa shape index (κ1) is 19.8. The second-order valence-corrected chi connectivity index (χ2v) is 8.74. The largest absolute Gasteiger partial charge is 0.383 e. The van der Waals surface area contributed by atoms with E-state index in [1.807, 2.05) is 10.9 Å². The van der Waals surface area contributed by atoms with Crippen LogP contribution in [0.5, 0.6) is 0 Å². The fourth-order valence-corrected chi connectivity index (χ4v) is 5.24. The molecule has 3 aliphatic heterocycles. The van der Waals surface area contributed by atoms with Crippen LogP contribution < -0.4 is 5.32 Å². The summed E-state index contributed by atoms with van der Waals surface area (Å²) in [6.07, 6.45) is 8.89. The zero-order chi connectivity index (χ0) is 19.6. The molecular formula is C20H33N5O3. The van der Waals surface area contributed by atoms with Crippen LogP contribution in [0.2, 0.25) is 0 Å². The summed E-state index contributed by atoms with van der Waals surface area (Å²) < 4.78 is 6.91. The van der Waals surface area contributed by atoms with Gasteiger partial charge < -0.3 is 15.2 Å². The normalized spacial score (nSPS) is 31.6. The highest BCUT2D eigenvalue weighted by Gasteiger charge is 2.43. The number of piperidine rings is 3. The third-order valence-electron chi connectivity index (χ3n) is 6.91. The van der Waals surface area contributed by atoms with Crippen molar-refractivity contribution >= 4 is 5.91 Å². The summed E-state index contributed by atoms with van der Waals surface area (Å²) in [5.41, 5.74) is -0.0770. The lowest BCUT2D eigenvalue weighted by Gasteiger charge is -2.49. The average molecular weight is 392 g/mol. The van der Waals surface area contributed by atoms with Crippen molar-refractivity contribution in [2.24, 2.45) is 11.8 Å². The molecule has 4 atom stereocenters. The zero-order valence-corrected chi connectivity index (χ0v) is 16.8. The van der Waals surface area contributed by atoms with Crippen molar-refractivity contribution in [3.05, 3.63) is 11.9 Å². The van der Waals surface area contributed by atoms with Crippen LogP contribution in [0.1, 0.15) is 50.6 Å². The van der Waals surface area contributed by atoms with Gasteiger partial charge in [0.25, 0.3) is 0 Å². The van der Waals surface area contributed by atoms with Gasteiger partial charge in [0, 0.05) is 26.2 Å². The topological polar surface area (TPSA) is 92.5 Å². The Kier molecular flexibility index (Phi) is 5.99. The zero-order valence-electron chi connectivity index (χ0n) is 16.8. The molecule has 3 saturated heterocycles. The lowest BCUT2D eigenvalue weighted by Crippen LogP contribution is -2.58. The van der Waals surface area contributed by atoms with Gasteiger partial charge in [-0.15, -0.1) is 5.10 Å². The molecule has 1 unspecified atom stereocenters. The van der Waals surface area contributed by atoms with Gasteiger partial charge in [0.15, 0.2) is 0 Å². The molecule has 0 spiro atoms. The van der Waals surface area contributed by atoms with E-state index >= 15 is 0 Å². The molecule has 5 rings (SSSR count). The number of ether oxygens (including phenoxy) is 1. The van der Waals surface area contributed by atoms with Crippen LogP contribution in [0.4, 0.5) is 0 Å². The minimum Gasteiger partial charge on any atom is -0.383 e. The maximum atomic E-state index is 12.5. The van der Waals surface area contributed by atoms with Crippen molar-refractivity contribution in [1.82, 2.24) is 25.2 Å². The molecule has 156 valence electrons. The molecule has 1 amide bonds. The summed E-state index contributed by atoms with van der Waals surface area (Å²) >= 11 is 0. The molecule has 1 aromatic heterocycles. The van der Waals surface area contributed by atoms with Crippen LogP contribution in [0.3, 0.4) is 0 Å². The van der Waals surface area contributed by atoms with E-state index in [4.69, 9.17) is 4.74 Å². The molecule has 0 aromatic carbocycles. The van der Waals surface area contributed by atoms with Crippen molar-refractivity contribution in [3.63, 3.8) is 0 Å². The van der Waals surface area contributed by atoms with Gasteiger partial charge in [-0.1, -0.05) is 24.5 Å². The third-order valence-corrected chi connectivity index (χ3v) is 6.91. The first-order chi connectivity index (χ1) is 13.6.